The van der Waals surface area contributed by atoms with Crippen LogP contribution in [0.1, 0.15) is 6.92 Å². The number of hydrogen-bond acceptors (Lipinski definition) is 6. The third kappa shape index (κ3) is 2.31. The minimum absolute atomic E-state index is 0.0107. The number of thioether (sulfide) groups is 1. The van der Waals surface area contributed by atoms with Crippen LogP contribution >= 0.6 is 11.8 Å². The number of carbonyl (C=O) groups excluding carboxylic acids is 2. The molecule has 2 amide bonds. The zero-order valence-corrected chi connectivity index (χ0v) is 11.5. The van der Waals surface area contributed by atoms with E-state index in [0.717, 1.165) is 30.3 Å². The van der Waals surface area contributed by atoms with E-state index in [9.17, 15) is 9.59 Å². The minimum atomic E-state index is -0.535. The molecule has 104 valence electrons. The number of carbonyl (C=O) groups is 2. The van der Waals surface area contributed by atoms with Gasteiger partial charge in [-0.05, 0) is 6.92 Å². The van der Waals surface area contributed by atoms with Crippen molar-refractivity contribution in [2.45, 2.75) is 19.0 Å². The van der Waals surface area contributed by atoms with Gasteiger partial charge in [0.15, 0.2) is 6.04 Å². The average molecular weight is 283 g/mol. The molecular formula is C11H17N5O2S. The molecule has 0 aromatic carbocycles. The van der Waals surface area contributed by atoms with Gasteiger partial charge in [-0.15, -0.1) is 0 Å². The Morgan fingerprint density at radius 3 is 2.89 bits per heavy atom. The SMILES string of the molecule is CC1=CN2NNC(C(=O)N3CCSCC3)C2C(=O)N1. The van der Waals surface area contributed by atoms with Gasteiger partial charge in [0.1, 0.15) is 6.04 Å². The molecule has 8 heteroatoms. The van der Waals surface area contributed by atoms with E-state index < -0.39 is 12.1 Å². The summed E-state index contributed by atoms with van der Waals surface area (Å²) in [4.78, 5) is 26.3. The number of nitrogens with one attached hydrogen (secondary N) is 3. The van der Waals surface area contributed by atoms with Crippen LogP contribution < -0.4 is 16.3 Å². The zero-order valence-electron chi connectivity index (χ0n) is 10.7. The summed E-state index contributed by atoms with van der Waals surface area (Å²) in [6.07, 6.45) is 1.79. The fourth-order valence-electron chi connectivity index (χ4n) is 2.53. The summed E-state index contributed by atoms with van der Waals surface area (Å²) in [6.45, 7) is 3.32. The molecule has 3 heterocycles. The van der Waals surface area contributed by atoms with E-state index in [4.69, 9.17) is 0 Å². The molecule has 0 aromatic rings. The maximum absolute atomic E-state index is 12.5. The standard InChI is InChI=1S/C11H17N5O2S/c1-7-6-16-9(10(17)12-7)8(13-14-16)11(18)15-2-4-19-5-3-15/h6,8-9,13-14H,2-5H2,1H3,(H,12,17). The van der Waals surface area contributed by atoms with Crippen LogP contribution in [0.5, 0.6) is 0 Å². The second-order valence-corrected chi connectivity index (χ2v) is 6.05. The Morgan fingerprint density at radius 2 is 2.16 bits per heavy atom. The largest absolute Gasteiger partial charge is 0.340 e. The number of nitrogens with zero attached hydrogens (tertiary/aromatic N) is 2. The molecule has 2 fully saturated rings. The molecule has 2 unspecified atom stereocenters. The minimum Gasteiger partial charge on any atom is -0.340 e. The van der Waals surface area contributed by atoms with Crippen molar-refractivity contribution in [3.8, 4) is 0 Å². The molecule has 3 aliphatic rings. The van der Waals surface area contributed by atoms with Crippen LogP contribution in [0.3, 0.4) is 0 Å². The molecule has 2 saturated heterocycles. The average Bonchev–Trinajstić information content (AvgIpc) is 2.83. The number of allylic oxidation sites excluding steroid dienone is 1. The maximum Gasteiger partial charge on any atom is 0.250 e. The van der Waals surface area contributed by atoms with Gasteiger partial charge < -0.3 is 10.2 Å². The third-order valence-corrected chi connectivity index (χ3v) is 4.42. The van der Waals surface area contributed by atoms with Gasteiger partial charge in [-0.2, -0.15) is 17.3 Å². The summed E-state index contributed by atoms with van der Waals surface area (Å²) in [5.74, 6) is 1.77. The summed E-state index contributed by atoms with van der Waals surface area (Å²) >= 11 is 1.85. The first-order chi connectivity index (χ1) is 9.16. The van der Waals surface area contributed by atoms with Gasteiger partial charge in [-0.3, -0.25) is 14.6 Å². The number of fused-ring (bicyclic) bond motifs is 1. The Bertz CT molecular complexity index is 435. The smallest absolute Gasteiger partial charge is 0.250 e. The molecule has 3 aliphatic heterocycles. The molecule has 2 atom stereocenters. The predicted octanol–water partition coefficient (Wildman–Crippen LogP) is -1.39. The van der Waals surface area contributed by atoms with E-state index >= 15 is 0 Å². The van der Waals surface area contributed by atoms with Gasteiger partial charge in [-0.25, -0.2) is 5.43 Å². The van der Waals surface area contributed by atoms with Gasteiger partial charge in [0.05, 0.1) is 0 Å². The van der Waals surface area contributed by atoms with Crippen LogP contribution in [0.25, 0.3) is 0 Å². The molecule has 0 aliphatic carbocycles. The quantitative estimate of drug-likeness (QED) is 0.550. The fraction of sp³-hybridized carbons (Fsp3) is 0.636. The highest BCUT2D eigenvalue weighted by Gasteiger charge is 2.45. The molecule has 3 rings (SSSR count). The lowest BCUT2D eigenvalue weighted by Crippen LogP contribution is -2.57. The summed E-state index contributed by atoms with van der Waals surface area (Å²) in [7, 11) is 0. The van der Waals surface area contributed by atoms with Crippen LogP contribution in [0.4, 0.5) is 0 Å². The topological polar surface area (TPSA) is 76.7 Å². The predicted molar refractivity (Wildman–Crippen MR) is 71.5 cm³/mol. The van der Waals surface area contributed by atoms with Crippen LogP contribution in [-0.4, -0.2) is 58.4 Å². The highest BCUT2D eigenvalue weighted by molar-refractivity contribution is 7.99. The molecule has 0 aromatic heterocycles. The van der Waals surface area contributed by atoms with Crippen molar-refractivity contribution < 1.29 is 9.59 Å². The van der Waals surface area contributed by atoms with Crippen molar-refractivity contribution in [2.24, 2.45) is 0 Å². The normalized spacial score (nSPS) is 30.8. The monoisotopic (exact) mass is 283 g/mol. The van der Waals surface area contributed by atoms with E-state index in [-0.39, 0.29) is 11.8 Å². The molecule has 0 spiro atoms. The molecule has 0 bridgehead atoms. The number of amides is 2. The van der Waals surface area contributed by atoms with Crippen LogP contribution in [0.2, 0.25) is 0 Å². The van der Waals surface area contributed by atoms with Crippen molar-refractivity contribution in [1.29, 1.82) is 0 Å². The lowest BCUT2D eigenvalue weighted by Gasteiger charge is -2.32. The Hall–Kier alpha value is -1.25. The van der Waals surface area contributed by atoms with Gasteiger partial charge in [-0.1, -0.05) is 0 Å². The van der Waals surface area contributed by atoms with Crippen molar-refractivity contribution in [1.82, 2.24) is 26.2 Å². The first-order valence-corrected chi connectivity index (χ1v) is 7.47. The molecule has 19 heavy (non-hydrogen) atoms. The summed E-state index contributed by atoms with van der Waals surface area (Å²) in [5.41, 5.74) is 6.56. The number of hydrazine groups is 2. The second kappa shape index (κ2) is 5.03. The second-order valence-electron chi connectivity index (χ2n) is 4.82. The molecule has 3 N–H and O–H groups in total. The lowest BCUT2D eigenvalue weighted by atomic mass is 10.1. The van der Waals surface area contributed by atoms with E-state index in [2.05, 4.69) is 16.3 Å². The van der Waals surface area contributed by atoms with Crippen molar-refractivity contribution in [2.75, 3.05) is 24.6 Å². The van der Waals surface area contributed by atoms with Crippen molar-refractivity contribution in [3.05, 3.63) is 11.9 Å². The van der Waals surface area contributed by atoms with Crippen LogP contribution in [-0.2, 0) is 9.59 Å². The summed E-state index contributed by atoms with van der Waals surface area (Å²) in [5, 5.41) is 4.43. The summed E-state index contributed by atoms with van der Waals surface area (Å²) < 4.78 is 0. The van der Waals surface area contributed by atoms with Crippen LogP contribution in [0, 0.1) is 0 Å². The van der Waals surface area contributed by atoms with Crippen LogP contribution in [0.15, 0.2) is 11.9 Å². The Balaban J connectivity index is 1.75. The van der Waals surface area contributed by atoms with Gasteiger partial charge in [0.25, 0.3) is 5.91 Å². The zero-order chi connectivity index (χ0) is 13.4. The molecule has 7 nitrogen and oxygen atoms in total. The molecule has 0 saturated carbocycles. The number of hydrogen-bond donors (Lipinski definition) is 3. The molecule has 0 radical (unpaired) electrons. The van der Waals surface area contributed by atoms with Gasteiger partial charge in [0, 0.05) is 36.5 Å². The van der Waals surface area contributed by atoms with E-state index in [1.54, 1.807) is 11.2 Å². The van der Waals surface area contributed by atoms with Gasteiger partial charge >= 0.3 is 0 Å². The molecular weight excluding hydrogens is 266 g/mol. The van der Waals surface area contributed by atoms with E-state index in [1.165, 1.54) is 0 Å². The first kappa shape index (κ1) is 12.8. The fourth-order valence-corrected chi connectivity index (χ4v) is 3.43. The highest BCUT2D eigenvalue weighted by atomic mass is 32.2. The highest BCUT2D eigenvalue weighted by Crippen LogP contribution is 2.18. The Morgan fingerprint density at radius 1 is 1.42 bits per heavy atom. The van der Waals surface area contributed by atoms with Crippen molar-refractivity contribution in [3.63, 3.8) is 0 Å². The van der Waals surface area contributed by atoms with Crippen molar-refractivity contribution >= 4 is 23.6 Å². The Kier molecular flexibility index (Phi) is 3.38. The Labute approximate surface area is 115 Å². The van der Waals surface area contributed by atoms with E-state index in [1.807, 2.05) is 23.6 Å². The number of rotatable bonds is 1. The third-order valence-electron chi connectivity index (χ3n) is 3.48. The first-order valence-electron chi connectivity index (χ1n) is 6.32. The van der Waals surface area contributed by atoms with E-state index in [0.29, 0.717) is 0 Å². The van der Waals surface area contributed by atoms with Gasteiger partial charge in [0.2, 0.25) is 5.91 Å². The summed E-state index contributed by atoms with van der Waals surface area (Å²) in [6, 6.07) is -1.06. The maximum atomic E-state index is 12.5. The lowest BCUT2D eigenvalue weighted by molar-refractivity contribution is -0.137.